The smallest absolute Gasteiger partial charge is 0.251 e. The molecule has 1 heterocycles. The van der Waals surface area contributed by atoms with Crippen LogP contribution >= 0.6 is 0 Å². The second kappa shape index (κ2) is 6.77. The first-order chi connectivity index (χ1) is 9.91. The van der Waals surface area contributed by atoms with Crippen molar-refractivity contribution < 1.29 is 14.7 Å². The van der Waals surface area contributed by atoms with E-state index in [1.807, 2.05) is 4.90 Å². The maximum absolute atomic E-state index is 12.5. The lowest BCUT2D eigenvalue weighted by atomic mass is 9.73. The summed E-state index contributed by atoms with van der Waals surface area (Å²) >= 11 is 0. The summed E-state index contributed by atoms with van der Waals surface area (Å²) in [6.45, 7) is 5.97. The number of nitrogens with zero attached hydrogens (tertiary/aromatic N) is 2. The fourth-order valence-corrected chi connectivity index (χ4v) is 3.50. The summed E-state index contributed by atoms with van der Waals surface area (Å²) in [5, 5.41) is 9.33. The minimum Gasteiger partial charge on any atom is -0.384 e. The Morgan fingerprint density at radius 1 is 1.05 bits per heavy atom. The van der Waals surface area contributed by atoms with Gasteiger partial charge in [0.15, 0.2) is 0 Å². The molecule has 2 aliphatic rings. The predicted octanol–water partition coefficient (Wildman–Crippen LogP) is 1.40. The maximum atomic E-state index is 12.5. The molecular formula is C16H28N2O3. The molecule has 0 aromatic heterocycles. The highest BCUT2D eigenvalue weighted by Gasteiger charge is 2.33. The number of piperazine rings is 1. The Labute approximate surface area is 127 Å². The highest BCUT2D eigenvalue weighted by molar-refractivity contribution is 5.81. The van der Waals surface area contributed by atoms with Gasteiger partial charge in [0.05, 0.1) is 0 Å². The quantitative estimate of drug-likeness (QED) is 0.856. The molecule has 1 N–H and O–H groups in total. The van der Waals surface area contributed by atoms with Crippen LogP contribution in [0.15, 0.2) is 0 Å². The van der Waals surface area contributed by atoms with Crippen molar-refractivity contribution in [2.75, 3.05) is 26.2 Å². The van der Waals surface area contributed by atoms with Crippen molar-refractivity contribution >= 4 is 11.8 Å². The van der Waals surface area contributed by atoms with Crippen molar-refractivity contribution in [3.05, 3.63) is 0 Å². The number of rotatable bonds is 3. The standard InChI is InChI=1S/C16H28N2O3/c1-13(19)15(21)18-10-8-17(9-11-18)14(20)12-16(2)6-4-3-5-7-16/h13,19H,3-12H2,1-2H3. The number of hydrogen-bond acceptors (Lipinski definition) is 3. The van der Waals surface area contributed by atoms with Gasteiger partial charge in [0.25, 0.3) is 5.91 Å². The summed E-state index contributed by atoms with van der Waals surface area (Å²) in [6.07, 6.45) is 5.76. The van der Waals surface area contributed by atoms with Gasteiger partial charge in [-0.1, -0.05) is 26.2 Å². The van der Waals surface area contributed by atoms with Crippen molar-refractivity contribution in [2.24, 2.45) is 5.41 Å². The van der Waals surface area contributed by atoms with Crippen LogP contribution in [0, 0.1) is 5.41 Å². The third-order valence-electron chi connectivity index (χ3n) is 4.94. The van der Waals surface area contributed by atoms with Gasteiger partial charge in [0.1, 0.15) is 6.10 Å². The lowest BCUT2D eigenvalue weighted by molar-refractivity contribution is -0.145. The van der Waals surface area contributed by atoms with Crippen LogP contribution < -0.4 is 0 Å². The highest BCUT2D eigenvalue weighted by atomic mass is 16.3. The number of hydrogen-bond donors (Lipinski definition) is 1. The minimum absolute atomic E-state index is 0.169. The van der Waals surface area contributed by atoms with Gasteiger partial charge in [0.2, 0.25) is 5.91 Å². The third kappa shape index (κ3) is 4.19. The van der Waals surface area contributed by atoms with Gasteiger partial charge in [-0.3, -0.25) is 9.59 Å². The molecule has 2 fully saturated rings. The van der Waals surface area contributed by atoms with Gasteiger partial charge in [-0.2, -0.15) is 0 Å². The van der Waals surface area contributed by atoms with E-state index < -0.39 is 6.10 Å². The summed E-state index contributed by atoms with van der Waals surface area (Å²) < 4.78 is 0. The molecule has 0 bridgehead atoms. The molecule has 0 aromatic carbocycles. The van der Waals surface area contributed by atoms with Crippen LogP contribution in [0.2, 0.25) is 0 Å². The second-order valence-corrected chi connectivity index (χ2v) is 6.93. The molecule has 5 heteroatoms. The number of aliphatic hydroxyl groups is 1. The average Bonchev–Trinajstić information content (AvgIpc) is 2.46. The Morgan fingerprint density at radius 3 is 2.10 bits per heavy atom. The summed E-state index contributed by atoms with van der Waals surface area (Å²) in [5.74, 6) is -0.00936. The molecule has 5 nitrogen and oxygen atoms in total. The monoisotopic (exact) mass is 296 g/mol. The van der Waals surface area contributed by atoms with Crippen LogP contribution in [0.4, 0.5) is 0 Å². The van der Waals surface area contributed by atoms with E-state index in [9.17, 15) is 14.7 Å². The van der Waals surface area contributed by atoms with E-state index in [4.69, 9.17) is 0 Å². The van der Waals surface area contributed by atoms with Crippen LogP contribution in [-0.4, -0.2) is 59.0 Å². The zero-order valence-corrected chi connectivity index (χ0v) is 13.3. The summed E-state index contributed by atoms with van der Waals surface area (Å²) in [7, 11) is 0. The van der Waals surface area contributed by atoms with E-state index in [2.05, 4.69) is 6.92 Å². The molecule has 1 unspecified atom stereocenters. The van der Waals surface area contributed by atoms with Crippen LogP contribution in [0.1, 0.15) is 52.4 Å². The Bertz CT molecular complexity index is 381. The van der Waals surface area contributed by atoms with Crippen molar-refractivity contribution in [3.8, 4) is 0 Å². The van der Waals surface area contributed by atoms with Crippen molar-refractivity contribution in [1.29, 1.82) is 0 Å². The third-order valence-corrected chi connectivity index (χ3v) is 4.94. The zero-order valence-electron chi connectivity index (χ0n) is 13.3. The number of carbonyl (C=O) groups is 2. The molecule has 1 aliphatic heterocycles. The topological polar surface area (TPSA) is 60.9 Å². The maximum Gasteiger partial charge on any atom is 0.251 e. The molecule has 120 valence electrons. The molecule has 2 amide bonds. The summed E-state index contributed by atoms with van der Waals surface area (Å²) in [4.78, 5) is 27.7. The van der Waals surface area contributed by atoms with E-state index in [1.54, 1.807) is 4.90 Å². The van der Waals surface area contributed by atoms with Crippen LogP contribution in [0.5, 0.6) is 0 Å². The van der Waals surface area contributed by atoms with E-state index >= 15 is 0 Å². The Kier molecular flexibility index (Phi) is 5.25. The zero-order chi connectivity index (χ0) is 15.5. The van der Waals surface area contributed by atoms with Gasteiger partial charge >= 0.3 is 0 Å². The molecular weight excluding hydrogens is 268 g/mol. The molecule has 0 spiro atoms. The first-order valence-electron chi connectivity index (χ1n) is 8.16. The Morgan fingerprint density at radius 2 is 1.57 bits per heavy atom. The molecule has 1 aliphatic carbocycles. The van der Waals surface area contributed by atoms with Gasteiger partial charge in [0, 0.05) is 32.6 Å². The Balaban J connectivity index is 1.81. The summed E-state index contributed by atoms with van der Waals surface area (Å²) in [5.41, 5.74) is 0.169. The van der Waals surface area contributed by atoms with Crippen LogP contribution in [0.3, 0.4) is 0 Å². The lowest BCUT2D eigenvalue weighted by Gasteiger charge is -2.38. The molecule has 0 aromatic rings. The van der Waals surface area contributed by atoms with Crippen molar-refractivity contribution in [2.45, 2.75) is 58.5 Å². The minimum atomic E-state index is -0.951. The second-order valence-electron chi connectivity index (χ2n) is 6.93. The first kappa shape index (κ1) is 16.3. The molecule has 1 saturated heterocycles. The lowest BCUT2D eigenvalue weighted by Crippen LogP contribution is -2.53. The van der Waals surface area contributed by atoms with Crippen molar-refractivity contribution in [3.63, 3.8) is 0 Å². The molecule has 21 heavy (non-hydrogen) atoms. The fraction of sp³-hybridized carbons (Fsp3) is 0.875. The number of amides is 2. The summed E-state index contributed by atoms with van der Waals surface area (Å²) in [6, 6.07) is 0. The van der Waals surface area contributed by atoms with E-state index in [0.717, 1.165) is 12.8 Å². The number of aliphatic hydroxyl groups excluding tert-OH is 1. The average molecular weight is 296 g/mol. The Hall–Kier alpha value is -1.10. The molecule has 1 saturated carbocycles. The van der Waals surface area contributed by atoms with Crippen molar-refractivity contribution in [1.82, 2.24) is 9.80 Å². The fourth-order valence-electron chi connectivity index (χ4n) is 3.50. The van der Waals surface area contributed by atoms with E-state index in [0.29, 0.717) is 32.6 Å². The largest absolute Gasteiger partial charge is 0.384 e. The van der Waals surface area contributed by atoms with E-state index in [-0.39, 0.29) is 17.2 Å². The normalized spacial score (nSPS) is 23.8. The molecule has 1 atom stereocenters. The van der Waals surface area contributed by atoms with E-state index in [1.165, 1.54) is 26.2 Å². The van der Waals surface area contributed by atoms with Crippen LogP contribution in [0.25, 0.3) is 0 Å². The first-order valence-corrected chi connectivity index (χ1v) is 8.16. The molecule has 0 radical (unpaired) electrons. The predicted molar refractivity (Wildman–Crippen MR) is 80.6 cm³/mol. The van der Waals surface area contributed by atoms with Gasteiger partial charge < -0.3 is 14.9 Å². The molecule has 2 rings (SSSR count). The number of carbonyl (C=O) groups excluding carboxylic acids is 2. The highest BCUT2D eigenvalue weighted by Crippen LogP contribution is 2.39. The van der Waals surface area contributed by atoms with Gasteiger partial charge in [-0.15, -0.1) is 0 Å². The SMILES string of the molecule is CC(O)C(=O)N1CCN(C(=O)CC2(C)CCCCC2)CC1. The van der Waals surface area contributed by atoms with Crippen LogP contribution in [-0.2, 0) is 9.59 Å². The van der Waals surface area contributed by atoms with Gasteiger partial charge in [-0.25, -0.2) is 0 Å². The van der Waals surface area contributed by atoms with Gasteiger partial charge in [-0.05, 0) is 25.2 Å².